The molecule has 0 aromatic rings. The van der Waals surface area contributed by atoms with Crippen LogP contribution in [0, 0.1) is 5.41 Å². The second-order valence-corrected chi connectivity index (χ2v) is 10.1. The zero-order chi connectivity index (χ0) is 22.8. The maximum absolute atomic E-state index is 10.6. The van der Waals surface area contributed by atoms with Gasteiger partial charge in [0, 0.05) is 25.0 Å². The van der Waals surface area contributed by atoms with E-state index in [0.717, 1.165) is 6.42 Å². The fourth-order valence-corrected chi connectivity index (χ4v) is 3.85. The Morgan fingerprint density at radius 2 is 1.52 bits per heavy atom. The van der Waals surface area contributed by atoms with Crippen molar-refractivity contribution >= 4 is 17.3 Å². The SMILES string of the molecule is CCC(O)CC(O)C(CNCC(O)C(O)CO)NC(=S)NC(C)(C)CC(C)(C)C. The number of aliphatic hydroxyl groups excluding tert-OH is 5. The van der Waals surface area contributed by atoms with E-state index in [1.165, 1.54) is 0 Å². The molecule has 0 saturated heterocycles. The Morgan fingerprint density at radius 1 is 0.931 bits per heavy atom. The lowest BCUT2D eigenvalue weighted by Gasteiger charge is -2.36. The van der Waals surface area contributed by atoms with Crippen LogP contribution in [0.1, 0.15) is 60.8 Å². The lowest BCUT2D eigenvalue weighted by Crippen LogP contribution is -2.57. The van der Waals surface area contributed by atoms with Crippen LogP contribution in [0.25, 0.3) is 0 Å². The van der Waals surface area contributed by atoms with E-state index >= 15 is 0 Å². The van der Waals surface area contributed by atoms with Crippen molar-refractivity contribution in [1.82, 2.24) is 16.0 Å². The smallest absolute Gasteiger partial charge is 0.167 e. The van der Waals surface area contributed by atoms with Crippen molar-refractivity contribution < 1.29 is 25.5 Å². The molecule has 0 aliphatic carbocycles. The molecule has 8 nitrogen and oxygen atoms in total. The van der Waals surface area contributed by atoms with Crippen LogP contribution in [-0.4, -0.2) is 86.3 Å². The summed E-state index contributed by atoms with van der Waals surface area (Å²) in [5, 5.41) is 58.3. The molecule has 0 aromatic heterocycles. The van der Waals surface area contributed by atoms with Crippen LogP contribution in [0.2, 0.25) is 0 Å². The molecule has 0 bridgehead atoms. The summed E-state index contributed by atoms with van der Waals surface area (Å²) in [5.41, 5.74) is -0.142. The van der Waals surface area contributed by atoms with Crippen molar-refractivity contribution in [2.24, 2.45) is 5.41 Å². The van der Waals surface area contributed by atoms with Gasteiger partial charge >= 0.3 is 0 Å². The van der Waals surface area contributed by atoms with Gasteiger partial charge < -0.3 is 41.5 Å². The monoisotopic (exact) mass is 437 g/mol. The molecule has 0 spiro atoms. The lowest BCUT2D eigenvalue weighted by atomic mass is 9.82. The molecule has 0 aliphatic rings. The van der Waals surface area contributed by atoms with Gasteiger partial charge in [-0.3, -0.25) is 0 Å². The van der Waals surface area contributed by atoms with Crippen molar-refractivity contribution in [3.8, 4) is 0 Å². The van der Waals surface area contributed by atoms with E-state index < -0.39 is 37.1 Å². The Labute approximate surface area is 181 Å². The van der Waals surface area contributed by atoms with Gasteiger partial charge in [0.05, 0.1) is 31.0 Å². The third kappa shape index (κ3) is 13.4. The molecule has 5 atom stereocenters. The fraction of sp³-hybridized carbons (Fsp3) is 0.950. The number of hydrogen-bond donors (Lipinski definition) is 8. The highest BCUT2D eigenvalue weighted by Gasteiger charge is 2.28. The highest BCUT2D eigenvalue weighted by Crippen LogP contribution is 2.26. The van der Waals surface area contributed by atoms with Crippen molar-refractivity contribution in [3.63, 3.8) is 0 Å². The first-order valence-corrected chi connectivity index (χ1v) is 10.7. The summed E-state index contributed by atoms with van der Waals surface area (Å²) in [5.74, 6) is 0. The predicted octanol–water partition coefficient (Wildman–Crippen LogP) is -0.140. The van der Waals surface area contributed by atoms with Gasteiger partial charge in [0.1, 0.15) is 6.10 Å². The minimum Gasteiger partial charge on any atom is -0.394 e. The van der Waals surface area contributed by atoms with E-state index in [1.54, 1.807) is 0 Å². The number of thiocarbonyl (C=S) groups is 1. The van der Waals surface area contributed by atoms with Crippen molar-refractivity contribution in [1.29, 1.82) is 0 Å². The van der Waals surface area contributed by atoms with Gasteiger partial charge in [-0.2, -0.15) is 0 Å². The molecule has 174 valence electrons. The summed E-state index contributed by atoms with van der Waals surface area (Å²) in [6.07, 6.45) is -2.27. The summed E-state index contributed by atoms with van der Waals surface area (Å²) in [6, 6.07) is -0.514. The number of nitrogens with one attached hydrogen (secondary N) is 3. The first-order valence-electron chi connectivity index (χ1n) is 10.3. The van der Waals surface area contributed by atoms with Gasteiger partial charge in [-0.15, -0.1) is 0 Å². The standard InChI is InChI=1S/C20H43N3O5S/c1-7-13(25)8-15(26)14(9-21-10-16(27)17(28)11-24)22-18(29)23-20(5,6)12-19(2,3)4/h13-17,21,24-28H,7-12H2,1-6H3,(H2,22,23,29). The Balaban J connectivity index is 4.93. The fourth-order valence-electron chi connectivity index (χ4n) is 3.42. The molecule has 0 saturated carbocycles. The summed E-state index contributed by atoms with van der Waals surface area (Å²) < 4.78 is 0. The van der Waals surface area contributed by atoms with Gasteiger partial charge in [-0.1, -0.05) is 27.7 Å². The van der Waals surface area contributed by atoms with Crippen LogP contribution in [0.5, 0.6) is 0 Å². The third-order valence-corrected chi connectivity index (χ3v) is 4.76. The summed E-state index contributed by atoms with van der Waals surface area (Å²) in [4.78, 5) is 0. The molecule has 0 aliphatic heterocycles. The van der Waals surface area contributed by atoms with Crippen LogP contribution < -0.4 is 16.0 Å². The van der Waals surface area contributed by atoms with Crippen LogP contribution >= 0.6 is 12.2 Å². The Kier molecular flexibility index (Phi) is 12.7. The summed E-state index contributed by atoms with van der Waals surface area (Å²) >= 11 is 5.45. The van der Waals surface area contributed by atoms with E-state index in [2.05, 4.69) is 50.6 Å². The Bertz CT molecular complexity index is 474. The maximum Gasteiger partial charge on any atom is 0.167 e. The van der Waals surface area contributed by atoms with E-state index in [4.69, 9.17) is 17.3 Å². The second-order valence-electron chi connectivity index (χ2n) is 9.67. The first-order chi connectivity index (χ1) is 13.2. The van der Waals surface area contributed by atoms with E-state index in [-0.39, 0.29) is 30.5 Å². The highest BCUT2D eigenvalue weighted by atomic mass is 32.1. The van der Waals surface area contributed by atoms with Crippen molar-refractivity contribution in [2.75, 3.05) is 19.7 Å². The number of rotatable bonds is 13. The normalized spacial score (nSPS) is 17.9. The molecule has 0 radical (unpaired) electrons. The van der Waals surface area contributed by atoms with Crippen molar-refractivity contribution in [2.45, 2.75) is 96.8 Å². The van der Waals surface area contributed by atoms with Crippen LogP contribution in [0.15, 0.2) is 0 Å². The molecular formula is C20H43N3O5S. The average Bonchev–Trinajstić information content (AvgIpc) is 2.56. The molecular weight excluding hydrogens is 394 g/mol. The molecule has 0 rings (SSSR count). The quantitative estimate of drug-likeness (QED) is 0.185. The van der Waals surface area contributed by atoms with Gasteiger partial charge in [0.25, 0.3) is 0 Å². The van der Waals surface area contributed by atoms with Gasteiger partial charge in [0.2, 0.25) is 0 Å². The summed E-state index contributed by atoms with van der Waals surface area (Å²) in [6.45, 7) is 12.2. The maximum atomic E-state index is 10.6. The average molecular weight is 438 g/mol. The summed E-state index contributed by atoms with van der Waals surface area (Å²) in [7, 11) is 0. The number of aliphatic hydroxyl groups is 5. The highest BCUT2D eigenvalue weighted by molar-refractivity contribution is 7.80. The molecule has 0 heterocycles. The molecule has 0 fully saturated rings. The second kappa shape index (κ2) is 13.0. The van der Waals surface area contributed by atoms with Crippen LogP contribution in [0.4, 0.5) is 0 Å². The lowest BCUT2D eigenvalue weighted by molar-refractivity contribution is -0.0137. The molecule has 29 heavy (non-hydrogen) atoms. The third-order valence-electron chi connectivity index (χ3n) is 4.54. The van der Waals surface area contributed by atoms with Crippen LogP contribution in [0.3, 0.4) is 0 Å². The first kappa shape index (κ1) is 28.5. The number of hydrogen-bond acceptors (Lipinski definition) is 7. The van der Waals surface area contributed by atoms with Gasteiger partial charge in [-0.05, 0) is 44.3 Å². The van der Waals surface area contributed by atoms with Gasteiger partial charge in [0.15, 0.2) is 5.11 Å². The van der Waals surface area contributed by atoms with Crippen LogP contribution in [-0.2, 0) is 0 Å². The largest absolute Gasteiger partial charge is 0.394 e. The Morgan fingerprint density at radius 3 is 2.00 bits per heavy atom. The minimum absolute atomic E-state index is 0.0403. The molecule has 0 amide bonds. The predicted molar refractivity (Wildman–Crippen MR) is 120 cm³/mol. The van der Waals surface area contributed by atoms with Gasteiger partial charge in [-0.25, -0.2) is 0 Å². The molecule has 9 heteroatoms. The van der Waals surface area contributed by atoms with Crippen molar-refractivity contribution in [3.05, 3.63) is 0 Å². The molecule has 8 N–H and O–H groups in total. The molecule has 0 aromatic carbocycles. The van der Waals surface area contributed by atoms with E-state index in [1.807, 2.05) is 6.92 Å². The Hall–Kier alpha value is -0.550. The minimum atomic E-state index is -1.23. The van der Waals surface area contributed by atoms with E-state index in [0.29, 0.717) is 11.5 Å². The zero-order valence-electron chi connectivity index (χ0n) is 18.8. The topological polar surface area (TPSA) is 137 Å². The van der Waals surface area contributed by atoms with E-state index in [9.17, 15) is 20.4 Å². The molecule has 5 unspecified atom stereocenters. The zero-order valence-corrected chi connectivity index (χ0v) is 19.6.